The van der Waals surface area contributed by atoms with Gasteiger partial charge in [-0.3, -0.25) is 0 Å². The van der Waals surface area contributed by atoms with E-state index in [0.717, 1.165) is 4.47 Å². The lowest BCUT2D eigenvalue weighted by Crippen LogP contribution is -2.16. The molecule has 0 saturated heterocycles. The Balaban J connectivity index is 2.64. The smallest absolute Gasteiger partial charge is 0.150 e. The van der Waals surface area contributed by atoms with Crippen LogP contribution in [0.25, 0.3) is 11.3 Å². The second-order valence-corrected chi connectivity index (χ2v) is 5.27. The van der Waals surface area contributed by atoms with Crippen LogP contribution in [0.4, 0.5) is 10.2 Å². The topological polar surface area (TPSA) is 69.9 Å². The van der Waals surface area contributed by atoms with E-state index in [-0.39, 0.29) is 17.6 Å². The molecule has 2 rings (SSSR count). The number of hydrogen-bond donors (Lipinski definition) is 2. The molecule has 0 atom stereocenters. The second-order valence-electron chi connectivity index (χ2n) is 4.35. The first-order valence-corrected chi connectivity index (χ1v) is 6.29. The van der Waals surface area contributed by atoms with Crippen LogP contribution in [0.2, 0.25) is 0 Å². The van der Waals surface area contributed by atoms with E-state index in [0.29, 0.717) is 17.1 Å². The van der Waals surface area contributed by atoms with Crippen molar-refractivity contribution in [1.82, 2.24) is 9.66 Å². The van der Waals surface area contributed by atoms with Crippen molar-refractivity contribution in [1.29, 1.82) is 0 Å². The highest BCUT2D eigenvalue weighted by Gasteiger charge is 2.19. The quantitative estimate of drug-likeness (QED) is 0.838. The summed E-state index contributed by atoms with van der Waals surface area (Å²) in [5.74, 6) is 6.45. The number of halogens is 2. The van der Waals surface area contributed by atoms with E-state index in [4.69, 9.17) is 11.6 Å². The van der Waals surface area contributed by atoms with Crippen LogP contribution in [0, 0.1) is 5.82 Å². The highest BCUT2D eigenvalue weighted by molar-refractivity contribution is 9.10. The molecule has 0 aliphatic carbocycles. The molecule has 96 valence electrons. The number of benzene rings is 1. The predicted molar refractivity (Wildman–Crippen MR) is 74.0 cm³/mol. The van der Waals surface area contributed by atoms with Crippen molar-refractivity contribution in [2.75, 3.05) is 11.6 Å². The van der Waals surface area contributed by atoms with Gasteiger partial charge in [0.1, 0.15) is 17.3 Å². The number of anilines is 1. The fourth-order valence-corrected chi connectivity index (χ4v) is 2.11. The van der Waals surface area contributed by atoms with Crippen LogP contribution in [0.1, 0.15) is 25.6 Å². The van der Waals surface area contributed by atoms with Gasteiger partial charge in [0.2, 0.25) is 0 Å². The number of nitrogens with zero attached hydrogens (tertiary/aromatic N) is 2. The molecule has 4 N–H and O–H groups in total. The van der Waals surface area contributed by atoms with Crippen molar-refractivity contribution in [2.24, 2.45) is 0 Å². The molecular formula is C12H14BrFN4. The number of nitrogens with two attached hydrogens (primary N) is 2. The lowest BCUT2D eigenvalue weighted by atomic mass is 10.1. The third kappa shape index (κ3) is 2.08. The van der Waals surface area contributed by atoms with Gasteiger partial charge in [-0.1, -0.05) is 29.8 Å². The molecule has 6 heteroatoms. The van der Waals surface area contributed by atoms with Crippen molar-refractivity contribution in [3.63, 3.8) is 0 Å². The second kappa shape index (κ2) is 4.61. The Morgan fingerprint density at radius 2 is 2.06 bits per heavy atom. The fourth-order valence-electron chi connectivity index (χ4n) is 1.75. The summed E-state index contributed by atoms with van der Waals surface area (Å²) in [6.07, 6.45) is 0. The van der Waals surface area contributed by atoms with Crippen LogP contribution in [-0.4, -0.2) is 9.66 Å². The van der Waals surface area contributed by atoms with E-state index in [1.54, 1.807) is 12.1 Å². The van der Waals surface area contributed by atoms with Crippen LogP contribution >= 0.6 is 15.9 Å². The molecule has 18 heavy (non-hydrogen) atoms. The van der Waals surface area contributed by atoms with Gasteiger partial charge < -0.3 is 11.6 Å². The molecule has 0 aliphatic heterocycles. The Hall–Kier alpha value is -1.56. The van der Waals surface area contributed by atoms with Gasteiger partial charge in [-0.25, -0.2) is 14.1 Å². The molecule has 0 spiro atoms. The molecular weight excluding hydrogens is 299 g/mol. The maximum atomic E-state index is 13.8. The van der Waals surface area contributed by atoms with Gasteiger partial charge in [0.25, 0.3) is 0 Å². The Bertz CT molecular complexity index is 592. The Morgan fingerprint density at radius 1 is 1.39 bits per heavy atom. The van der Waals surface area contributed by atoms with Gasteiger partial charge >= 0.3 is 0 Å². The normalized spacial score (nSPS) is 11.2. The molecule has 0 amide bonds. The van der Waals surface area contributed by atoms with Crippen LogP contribution < -0.4 is 11.6 Å². The van der Waals surface area contributed by atoms with Crippen LogP contribution in [0.5, 0.6) is 0 Å². The summed E-state index contributed by atoms with van der Waals surface area (Å²) in [4.78, 5) is 4.33. The SMILES string of the molecule is CC(C)c1nc(-c2cc(Br)ccc2F)c(N)n1N. The summed E-state index contributed by atoms with van der Waals surface area (Å²) in [5.41, 5.74) is 6.60. The molecule has 4 nitrogen and oxygen atoms in total. The molecule has 1 heterocycles. The summed E-state index contributed by atoms with van der Waals surface area (Å²) in [6, 6.07) is 4.62. The monoisotopic (exact) mass is 312 g/mol. The van der Waals surface area contributed by atoms with E-state index in [1.165, 1.54) is 10.7 Å². The first-order chi connectivity index (χ1) is 8.41. The third-order valence-corrected chi connectivity index (χ3v) is 3.17. The average Bonchev–Trinajstić information content (AvgIpc) is 2.60. The van der Waals surface area contributed by atoms with Crippen molar-refractivity contribution in [3.05, 3.63) is 34.3 Å². The molecule has 1 aromatic heterocycles. The van der Waals surface area contributed by atoms with Crippen molar-refractivity contribution in [2.45, 2.75) is 19.8 Å². The van der Waals surface area contributed by atoms with E-state index in [1.807, 2.05) is 13.8 Å². The zero-order chi connectivity index (χ0) is 13.4. The first kappa shape index (κ1) is 12.9. The summed E-state index contributed by atoms with van der Waals surface area (Å²) in [5, 5.41) is 0. The average molecular weight is 313 g/mol. The van der Waals surface area contributed by atoms with Gasteiger partial charge in [-0.15, -0.1) is 0 Å². The van der Waals surface area contributed by atoms with Gasteiger partial charge in [-0.05, 0) is 18.2 Å². The van der Waals surface area contributed by atoms with Crippen LogP contribution in [0.3, 0.4) is 0 Å². The number of aromatic nitrogens is 2. The summed E-state index contributed by atoms with van der Waals surface area (Å²) < 4.78 is 15.9. The maximum absolute atomic E-state index is 13.8. The minimum absolute atomic E-state index is 0.112. The minimum Gasteiger partial charge on any atom is -0.382 e. The third-order valence-electron chi connectivity index (χ3n) is 2.68. The molecule has 0 fully saturated rings. The minimum atomic E-state index is -0.377. The lowest BCUT2D eigenvalue weighted by Gasteiger charge is -2.04. The van der Waals surface area contributed by atoms with Crippen molar-refractivity contribution < 1.29 is 4.39 Å². The standard InChI is InChI=1S/C12H14BrFN4/c1-6(2)12-17-10(11(15)18(12)16)8-5-7(13)3-4-9(8)14/h3-6H,15-16H2,1-2H3. The Labute approximate surface area is 113 Å². The van der Waals surface area contributed by atoms with E-state index >= 15 is 0 Å². The summed E-state index contributed by atoms with van der Waals surface area (Å²) >= 11 is 3.30. The predicted octanol–water partition coefficient (Wildman–Crippen LogP) is 2.87. The molecule has 0 aliphatic rings. The van der Waals surface area contributed by atoms with E-state index in [2.05, 4.69) is 20.9 Å². The summed E-state index contributed by atoms with van der Waals surface area (Å²) in [6.45, 7) is 3.90. The molecule has 2 aromatic rings. The van der Waals surface area contributed by atoms with Gasteiger partial charge in [0, 0.05) is 16.0 Å². The van der Waals surface area contributed by atoms with Gasteiger partial charge in [-0.2, -0.15) is 0 Å². The van der Waals surface area contributed by atoms with Crippen LogP contribution in [0.15, 0.2) is 22.7 Å². The molecule has 1 aromatic carbocycles. The van der Waals surface area contributed by atoms with E-state index < -0.39 is 0 Å². The zero-order valence-electron chi connectivity index (χ0n) is 10.1. The molecule has 0 bridgehead atoms. The highest BCUT2D eigenvalue weighted by Crippen LogP contribution is 2.31. The molecule has 0 saturated carbocycles. The number of imidazole rings is 1. The van der Waals surface area contributed by atoms with Crippen molar-refractivity contribution >= 4 is 21.7 Å². The number of hydrogen-bond acceptors (Lipinski definition) is 3. The Kier molecular flexibility index (Phi) is 3.30. The van der Waals surface area contributed by atoms with Crippen molar-refractivity contribution in [3.8, 4) is 11.3 Å². The van der Waals surface area contributed by atoms with E-state index in [9.17, 15) is 4.39 Å². The van der Waals surface area contributed by atoms with Crippen LogP contribution in [-0.2, 0) is 0 Å². The van der Waals surface area contributed by atoms with Gasteiger partial charge in [0.05, 0.1) is 0 Å². The zero-order valence-corrected chi connectivity index (χ0v) is 11.7. The fraction of sp³-hybridized carbons (Fsp3) is 0.250. The highest BCUT2D eigenvalue weighted by atomic mass is 79.9. The number of nitrogen functional groups attached to an aromatic ring is 2. The molecule has 0 unspecified atom stereocenters. The first-order valence-electron chi connectivity index (χ1n) is 5.50. The molecule has 0 radical (unpaired) electrons. The maximum Gasteiger partial charge on any atom is 0.150 e. The largest absolute Gasteiger partial charge is 0.382 e. The lowest BCUT2D eigenvalue weighted by molar-refractivity contribution is 0.630. The Morgan fingerprint density at radius 3 is 2.61 bits per heavy atom. The number of rotatable bonds is 2. The summed E-state index contributed by atoms with van der Waals surface area (Å²) in [7, 11) is 0. The van der Waals surface area contributed by atoms with Gasteiger partial charge in [0.15, 0.2) is 5.82 Å².